The van der Waals surface area contributed by atoms with Crippen LogP contribution in [-0.4, -0.2) is 46.0 Å². The number of hydrogen-bond donors (Lipinski definition) is 2. The van der Waals surface area contributed by atoms with Gasteiger partial charge < -0.3 is 15.1 Å². The highest BCUT2D eigenvalue weighted by molar-refractivity contribution is 6.03. The highest BCUT2D eigenvalue weighted by Gasteiger charge is 2.22. The lowest BCUT2D eigenvalue weighted by molar-refractivity contribution is -0.130. The normalized spacial score (nSPS) is 10.6. The third-order valence-corrected chi connectivity index (χ3v) is 7.04. The van der Waals surface area contributed by atoms with Gasteiger partial charge in [-0.3, -0.25) is 4.79 Å². The molecule has 2 N–H and O–H groups in total. The van der Waals surface area contributed by atoms with Gasteiger partial charge in [0.1, 0.15) is 0 Å². The van der Waals surface area contributed by atoms with E-state index >= 15 is 0 Å². The first kappa shape index (κ1) is 35.6. The van der Waals surface area contributed by atoms with Gasteiger partial charge in [0.05, 0.1) is 11.1 Å². The summed E-state index contributed by atoms with van der Waals surface area (Å²) in [7, 11) is 0. The van der Waals surface area contributed by atoms with E-state index in [-0.39, 0.29) is 11.1 Å². The molecule has 0 atom stereocenters. The zero-order valence-electron chi connectivity index (χ0n) is 24.9. The quantitative estimate of drug-likeness (QED) is 0.164. The lowest BCUT2D eigenvalue weighted by Gasteiger charge is -2.18. The van der Waals surface area contributed by atoms with Gasteiger partial charge in [-0.05, 0) is 63.1 Å². The van der Waals surface area contributed by atoms with E-state index in [1.807, 2.05) is 11.8 Å². The number of carboxylic acids is 2. The molecular formula is C32H55NO5. The molecule has 0 aromatic heterocycles. The van der Waals surface area contributed by atoms with Crippen LogP contribution in [0.25, 0.3) is 0 Å². The molecule has 0 saturated carbocycles. The molecule has 0 saturated heterocycles. The summed E-state index contributed by atoms with van der Waals surface area (Å²) < 4.78 is 0. The van der Waals surface area contributed by atoms with Crippen LogP contribution in [0.3, 0.4) is 0 Å². The van der Waals surface area contributed by atoms with Gasteiger partial charge in [-0.1, -0.05) is 91.0 Å². The summed E-state index contributed by atoms with van der Waals surface area (Å²) in [5.74, 6) is -1.99. The molecule has 1 rings (SSSR count). The van der Waals surface area contributed by atoms with Crippen molar-refractivity contribution < 1.29 is 24.6 Å². The molecule has 0 aliphatic rings. The van der Waals surface area contributed by atoms with E-state index in [9.17, 15) is 19.5 Å². The smallest absolute Gasteiger partial charge is 0.336 e. The van der Waals surface area contributed by atoms with Crippen LogP contribution in [0.1, 0.15) is 156 Å². The molecule has 0 unspecified atom stereocenters. The van der Waals surface area contributed by atoms with Crippen LogP contribution < -0.4 is 0 Å². The lowest BCUT2D eigenvalue weighted by Crippen LogP contribution is -2.30. The van der Waals surface area contributed by atoms with Gasteiger partial charge in [0, 0.05) is 19.5 Å². The van der Waals surface area contributed by atoms with Crippen LogP contribution in [0.15, 0.2) is 12.1 Å². The summed E-state index contributed by atoms with van der Waals surface area (Å²) in [6.45, 7) is 12.2. The number of benzene rings is 1. The van der Waals surface area contributed by atoms with Crippen LogP contribution in [0.2, 0.25) is 0 Å². The van der Waals surface area contributed by atoms with Crippen LogP contribution in [-0.2, 0) is 17.6 Å². The van der Waals surface area contributed by atoms with Gasteiger partial charge in [-0.2, -0.15) is 0 Å². The molecule has 1 aromatic rings. The maximum atomic E-state index is 11.7. The van der Waals surface area contributed by atoms with Gasteiger partial charge in [0.15, 0.2) is 0 Å². The Morgan fingerprint density at radius 3 is 1.61 bits per heavy atom. The number of amides is 1. The molecule has 6 nitrogen and oxygen atoms in total. The van der Waals surface area contributed by atoms with Crippen molar-refractivity contribution in [2.45, 2.75) is 137 Å². The fourth-order valence-electron chi connectivity index (χ4n) is 4.68. The monoisotopic (exact) mass is 533 g/mol. The SMILES string of the molecule is CCCCCCCCCCCC(=O)N(CC)CC.CCCCc1ccc(C(=O)O)c(C(=O)O)c1CCCC. The molecule has 6 heteroatoms. The van der Waals surface area contributed by atoms with Crippen molar-refractivity contribution in [3.05, 3.63) is 34.4 Å². The summed E-state index contributed by atoms with van der Waals surface area (Å²) in [5.41, 5.74) is 1.54. The maximum absolute atomic E-state index is 11.7. The number of hydrogen-bond acceptors (Lipinski definition) is 3. The summed E-state index contributed by atoms with van der Waals surface area (Å²) >= 11 is 0. The van der Waals surface area contributed by atoms with Crippen molar-refractivity contribution in [3.8, 4) is 0 Å². The molecule has 0 heterocycles. The summed E-state index contributed by atoms with van der Waals surface area (Å²) in [5, 5.41) is 18.5. The van der Waals surface area contributed by atoms with E-state index in [0.29, 0.717) is 17.9 Å². The molecular weight excluding hydrogens is 478 g/mol. The van der Waals surface area contributed by atoms with Crippen molar-refractivity contribution in [1.29, 1.82) is 0 Å². The van der Waals surface area contributed by atoms with Gasteiger partial charge in [0.25, 0.3) is 0 Å². The van der Waals surface area contributed by atoms with Gasteiger partial charge in [-0.15, -0.1) is 0 Å². The minimum absolute atomic E-state index is 0.0282. The van der Waals surface area contributed by atoms with Crippen molar-refractivity contribution in [2.75, 3.05) is 13.1 Å². The fourth-order valence-corrected chi connectivity index (χ4v) is 4.68. The molecule has 0 aliphatic heterocycles. The average molecular weight is 534 g/mol. The zero-order valence-corrected chi connectivity index (χ0v) is 24.9. The van der Waals surface area contributed by atoms with Crippen LogP contribution in [0, 0.1) is 0 Å². The Morgan fingerprint density at radius 1 is 0.632 bits per heavy atom. The standard InChI is InChI=1S/C16H33NO.C16H22O4/c1-4-7-8-9-10-11-12-13-14-15-16(18)17(5-2)6-3;1-3-5-7-11-9-10-13(15(17)18)14(16(19)20)12(11)8-6-4-2/h4-15H2,1-3H3;9-10H,3-8H2,1-2H3,(H,17,18)(H,19,20). The van der Waals surface area contributed by atoms with Gasteiger partial charge in [-0.25, -0.2) is 9.59 Å². The molecule has 218 valence electrons. The van der Waals surface area contributed by atoms with Crippen LogP contribution >= 0.6 is 0 Å². The first-order valence-corrected chi connectivity index (χ1v) is 15.2. The summed E-state index contributed by atoms with van der Waals surface area (Å²) in [4.78, 5) is 36.4. The molecule has 0 fully saturated rings. The van der Waals surface area contributed by atoms with Crippen LogP contribution in [0.4, 0.5) is 0 Å². The number of rotatable bonds is 20. The first-order chi connectivity index (χ1) is 18.3. The molecule has 0 aliphatic carbocycles. The molecule has 38 heavy (non-hydrogen) atoms. The Bertz CT molecular complexity index is 801. The molecule has 0 radical (unpaired) electrons. The number of aromatic carboxylic acids is 2. The average Bonchev–Trinajstić information content (AvgIpc) is 2.90. The lowest BCUT2D eigenvalue weighted by atomic mass is 9.90. The van der Waals surface area contributed by atoms with E-state index in [1.54, 1.807) is 6.07 Å². The molecule has 0 bridgehead atoms. The number of nitrogens with zero attached hydrogens (tertiary/aromatic N) is 1. The highest BCUT2D eigenvalue weighted by Crippen LogP contribution is 2.24. The topological polar surface area (TPSA) is 94.9 Å². The Balaban J connectivity index is 0.000000726. The second-order valence-electron chi connectivity index (χ2n) is 10.1. The Labute approximate surface area is 232 Å². The van der Waals surface area contributed by atoms with E-state index in [0.717, 1.165) is 63.6 Å². The Morgan fingerprint density at radius 2 is 1.13 bits per heavy atom. The molecule has 0 spiro atoms. The Hall–Kier alpha value is -2.37. The molecule has 1 aromatic carbocycles. The minimum atomic E-state index is -1.18. The number of carboxylic acid groups (broad SMARTS) is 2. The van der Waals surface area contributed by atoms with E-state index in [2.05, 4.69) is 27.7 Å². The second-order valence-corrected chi connectivity index (χ2v) is 10.1. The number of carbonyl (C=O) groups is 3. The largest absolute Gasteiger partial charge is 0.478 e. The predicted molar refractivity (Wildman–Crippen MR) is 157 cm³/mol. The highest BCUT2D eigenvalue weighted by atomic mass is 16.4. The Kier molecular flexibility index (Phi) is 21.2. The minimum Gasteiger partial charge on any atom is -0.478 e. The van der Waals surface area contributed by atoms with E-state index in [1.165, 1.54) is 57.4 Å². The molecule has 1 amide bonds. The number of carbonyl (C=O) groups excluding carboxylic acids is 1. The summed E-state index contributed by atoms with van der Waals surface area (Å²) in [6, 6.07) is 3.20. The van der Waals surface area contributed by atoms with Crippen molar-refractivity contribution >= 4 is 17.8 Å². The zero-order chi connectivity index (χ0) is 28.8. The van der Waals surface area contributed by atoms with Gasteiger partial charge in [0.2, 0.25) is 5.91 Å². The first-order valence-electron chi connectivity index (χ1n) is 15.2. The number of unbranched alkanes of at least 4 members (excludes halogenated alkanes) is 10. The fraction of sp³-hybridized carbons (Fsp3) is 0.719. The second kappa shape index (κ2) is 22.6. The van der Waals surface area contributed by atoms with Crippen molar-refractivity contribution in [3.63, 3.8) is 0 Å². The van der Waals surface area contributed by atoms with Gasteiger partial charge >= 0.3 is 11.9 Å². The summed E-state index contributed by atoms with van der Waals surface area (Å²) in [6.07, 6.45) is 17.8. The third kappa shape index (κ3) is 14.5. The van der Waals surface area contributed by atoms with Crippen molar-refractivity contribution in [2.24, 2.45) is 0 Å². The van der Waals surface area contributed by atoms with Crippen LogP contribution in [0.5, 0.6) is 0 Å². The predicted octanol–water partition coefficient (Wildman–Crippen LogP) is 8.54. The third-order valence-electron chi connectivity index (χ3n) is 7.04. The van der Waals surface area contributed by atoms with Crippen molar-refractivity contribution in [1.82, 2.24) is 4.90 Å². The maximum Gasteiger partial charge on any atom is 0.336 e. The number of aryl methyl sites for hydroxylation is 1. The van der Waals surface area contributed by atoms with E-state index in [4.69, 9.17) is 5.11 Å². The van der Waals surface area contributed by atoms with E-state index < -0.39 is 11.9 Å².